The summed E-state index contributed by atoms with van der Waals surface area (Å²) in [5.74, 6) is 0.571. The normalized spacial score (nSPS) is 14.3. The minimum absolute atomic E-state index is 0.127. The van der Waals surface area contributed by atoms with Crippen molar-refractivity contribution in [2.24, 2.45) is 5.92 Å². The Kier molecular flexibility index (Phi) is 8.14. The molecule has 0 amide bonds. The third kappa shape index (κ3) is 7.07. The van der Waals surface area contributed by atoms with Crippen LogP contribution in [0, 0.1) is 5.92 Å². The van der Waals surface area contributed by atoms with Gasteiger partial charge in [-0.15, -0.1) is 0 Å². The van der Waals surface area contributed by atoms with Gasteiger partial charge in [-0.25, -0.2) is 0 Å². The van der Waals surface area contributed by atoms with Gasteiger partial charge in [0.05, 0.1) is 34.5 Å². The molecule has 0 aromatic heterocycles. The minimum Gasteiger partial charge on any atom is -0.389 e. The Morgan fingerprint density at radius 2 is 1.71 bits per heavy atom. The quantitative estimate of drug-likeness (QED) is 0.699. The van der Waals surface area contributed by atoms with Crippen molar-refractivity contribution in [1.82, 2.24) is 0 Å². The minimum atomic E-state index is -0.637. The summed E-state index contributed by atoms with van der Waals surface area (Å²) >= 11 is 18.0. The zero-order chi connectivity index (χ0) is 16.0. The average Bonchev–Trinajstić information content (AvgIpc) is 2.34. The number of halogens is 3. The molecule has 1 aromatic rings. The van der Waals surface area contributed by atoms with Crippen LogP contribution in [-0.2, 0) is 4.74 Å². The molecular weight excluding hydrogens is 333 g/mol. The molecule has 0 aliphatic heterocycles. The summed E-state index contributed by atoms with van der Waals surface area (Å²) in [5.41, 5.74) is 0.567. The standard InChI is InChI=1S/C15H22Cl3NO2/c1-9(2)4-10(3)21-8-12(20)7-19-15-13(17)5-11(16)6-14(15)18/h5-6,9-10,12,19-20H,4,7-8H2,1-3H3. The Bertz CT molecular complexity index is 432. The van der Waals surface area contributed by atoms with E-state index in [-0.39, 0.29) is 12.7 Å². The fourth-order valence-corrected chi connectivity index (χ4v) is 2.95. The van der Waals surface area contributed by atoms with Crippen LogP contribution in [0.15, 0.2) is 12.1 Å². The van der Waals surface area contributed by atoms with E-state index in [0.717, 1.165) is 6.42 Å². The first kappa shape index (κ1) is 18.9. The van der Waals surface area contributed by atoms with Crippen molar-refractivity contribution in [3.8, 4) is 0 Å². The monoisotopic (exact) mass is 353 g/mol. The fourth-order valence-electron chi connectivity index (χ4n) is 2.00. The van der Waals surface area contributed by atoms with Gasteiger partial charge < -0.3 is 15.2 Å². The van der Waals surface area contributed by atoms with Gasteiger partial charge in [-0.05, 0) is 31.4 Å². The topological polar surface area (TPSA) is 41.5 Å². The van der Waals surface area contributed by atoms with E-state index in [1.54, 1.807) is 12.1 Å². The van der Waals surface area contributed by atoms with Crippen LogP contribution in [0.4, 0.5) is 5.69 Å². The molecule has 2 unspecified atom stereocenters. The van der Waals surface area contributed by atoms with E-state index in [2.05, 4.69) is 19.2 Å². The predicted octanol–water partition coefficient (Wildman–Crippen LogP) is 4.87. The second-order valence-corrected chi connectivity index (χ2v) is 6.80. The number of benzene rings is 1. The SMILES string of the molecule is CC(C)CC(C)OCC(O)CNc1c(Cl)cc(Cl)cc1Cl. The lowest BCUT2D eigenvalue weighted by atomic mass is 10.1. The summed E-state index contributed by atoms with van der Waals surface area (Å²) in [6.07, 6.45) is 0.458. The van der Waals surface area contributed by atoms with Crippen molar-refractivity contribution < 1.29 is 9.84 Å². The van der Waals surface area contributed by atoms with E-state index in [4.69, 9.17) is 39.5 Å². The molecule has 0 radical (unpaired) electrons. The van der Waals surface area contributed by atoms with Gasteiger partial charge in [-0.1, -0.05) is 48.7 Å². The molecule has 1 rings (SSSR count). The second kappa shape index (κ2) is 9.06. The number of hydrogen-bond acceptors (Lipinski definition) is 3. The lowest BCUT2D eigenvalue weighted by molar-refractivity contribution is -0.00443. The molecule has 0 saturated heterocycles. The summed E-state index contributed by atoms with van der Waals surface area (Å²) in [4.78, 5) is 0. The Labute approximate surface area is 141 Å². The molecule has 21 heavy (non-hydrogen) atoms. The number of ether oxygens (including phenoxy) is 1. The number of anilines is 1. The van der Waals surface area contributed by atoms with Crippen LogP contribution < -0.4 is 5.32 Å². The van der Waals surface area contributed by atoms with Crippen LogP contribution in [0.3, 0.4) is 0 Å². The summed E-state index contributed by atoms with van der Waals surface area (Å²) in [6, 6.07) is 3.20. The Morgan fingerprint density at radius 3 is 2.24 bits per heavy atom. The maximum atomic E-state index is 9.93. The summed E-state index contributed by atoms with van der Waals surface area (Å²) < 4.78 is 5.61. The van der Waals surface area contributed by atoms with Crippen LogP contribution in [0.1, 0.15) is 27.2 Å². The number of aliphatic hydroxyl groups is 1. The van der Waals surface area contributed by atoms with Gasteiger partial charge in [0.25, 0.3) is 0 Å². The van der Waals surface area contributed by atoms with Gasteiger partial charge >= 0.3 is 0 Å². The van der Waals surface area contributed by atoms with E-state index in [0.29, 0.717) is 33.2 Å². The molecule has 0 saturated carbocycles. The smallest absolute Gasteiger partial charge is 0.0945 e. The Morgan fingerprint density at radius 1 is 1.14 bits per heavy atom. The van der Waals surface area contributed by atoms with Crippen LogP contribution >= 0.6 is 34.8 Å². The van der Waals surface area contributed by atoms with E-state index in [9.17, 15) is 5.11 Å². The Hall–Kier alpha value is -0.190. The van der Waals surface area contributed by atoms with Crippen molar-refractivity contribution in [3.63, 3.8) is 0 Å². The maximum absolute atomic E-state index is 9.93. The average molecular weight is 355 g/mol. The zero-order valence-corrected chi connectivity index (χ0v) is 14.8. The van der Waals surface area contributed by atoms with Crippen molar-refractivity contribution in [2.75, 3.05) is 18.5 Å². The first-order chi connectivity index (χ1) is 9.79. The third-order valence-electron chi connectivity index (χ3n) is 2.90. The molecule has 0 bridgehead atoms. The van der Waals surface area contributed by atoms with Gasteiger partial charge in [0.2, 0.25) is 0 Å². The largest absolute Gasteiger partial charge is 0.389 e. The van der Waals surface area contributed by atoms with Crippen molar-refractivity contribution >= 4 is 40.5 Å². The molecule has 0 spiro atoms. The first-order valence-corrected chi connectivity index (χ1v) is 8.11. The Balaban J connectivity index is 2.41. The molecule has 0 fully saturated rings. The highest BCUT2D eigenvalue weighted by atomic mass is 35.5. The van der Waals surface area contributed by atoms with E-state index in [1.807, 2.05) is 6.92 Å². The summed E-state index contributed by atoms with van der Waals surface area (Å²) in [6.45, 7) is 6.86. The van der Waals surface area contributed by atoms with Gasteiger partial charge in [-0.3, -0.25) is 0 Å². The van der Waals surface area contributed by atoms with Gasteiger partial charge in [0.1, 0.15) is 0 Å². The van der Waals surface area contributed by atoms with E-state index < -0.39 is 6.10 Å². The van der Waals surface area contributed by atoms with Crippen molar-refractivity contribution in [2.45, 2.75) is 39.4 Å². The maximum Gasteiger partial charge on any atom is 0.0945 e. The molecule has 2 atom stereocenters. The number of aliphatic hydroxyl groups excluding tert-OH is 1. The molecule has 3 nitrogen and oxygen atoms in total. The van der Waals surface area contributed by atoms with Crippen LogP contribution in [0.25, 0.3) is 0 Å². The molecule has 0 aliphatic carbocycles. The lowest BCUT2D eigenvalue weighted by Crippen LogP contribution is -2.27. The highest BCUT2D eigenvalue weighted by Crippen LogP contribution is 2.33. The van der Waals surface area contributed by atoms with Crippen molar-refractivity contribution in [3.05, 3.63) is 27.2 Å². The summed E-state index contributed by atoms with van der Waals surface area (Å²) in [7, 11) is 0. The van der Waals surface area contributed by atoms with Crippen LogP contribution in [0.5, 0.6) is 0 Å². The summed E-state index contributed by atoms with van der Waals surface area (Å²) in [5, 5.41) is 14.3. The third-order valence-corrected chi connectivity index (χ3v) is 3.71. The molecule has 1 aromatic carbocycles. The van der Waals surface area contributed by atoms with Gasteiger partial charge in [0, 0.05) is 11.6 Å². The lowest BCUT2D eigenvalue weighted by Gasteiger charge is -2.19. The van der Waals surface area contributed by atoms with Crippen LogP contribution in [0.2, 0.25) is 15.1 Å². The van der Waals surface area contributed by atoms with Crippen LogP contribution in [-0.4, -0.2) is 30.5 Å². The highest BCUT2D eigenvalue weighted by Gasteiger charge is 2.12. The first-order valence-electron chi connectivity index (χ1n) is 6.97. The number of rotatable bonds is 8. The molecule has 2 N–H and O–H groups in total. The highest BCUT2D eigenvalue weighted by molar-refractivity contribution is 6.41. The second-order valence-electron chi connectivity index (χ2n) is 5.55. The molecular formula is C15H22Cl3NO2. The molecule has 0 aliphatic rings. The predicted molar refractivity (Wildman–Crippen MR) is 90.8 cm³/mol. The molecule has 0 heterocycles. The fraction of sp³-hybridized carbons (Fsp3) is 0.600. The van der Waals surface area contributed by atoms with Gasteiger partial charge in [-0.2, -0.15) is 0 Å². The zero-order valence-electron chi connectivity index (χ0n) is 12.5. The van der Waals surface area contributed by atoms with Crippen molar-refractivity contribution in [1.29, 1.82) is 0 Å². The molecule has 120 valence electrons. The number of hydrogen-bond donors (Lipinski definition) is 2. The molecule has 6 heteroatoms. The van der Waals surface area contributed by atoms with Gasteiger partial charge in [0.15, 0.2) is 0 Å². The number of nitrogens with one attached hydrogen (secondary N) is 1. The van der Waals surface area contributed by atoms with E-state index in [1.165, 1.54) is 0 Å². The van der Waals surface area contributed by atoms with E-state index >= 15 is 0 Å².